The Morgan fingerprint density at radius 1 is 1.22 bits per heavy atom. The quantitative estimate of drug-likeness (QED) is 0.249. The largest absolute Gasteiger partial charge is 0.465 e. The van der Waals surface area contributed by atoms with Crippen molar-refractivity contribution in [1.82, 2.24) is 0 Å². The molecule has 1 rings (SSSR count). The van der Waals surface area contributed by atoms with Crippen LogP contribution in [0, 0.1) is 5.41 Å². The Morgan fingerprint density at radius 2 is 1.89 bits per heavy atom. The van der Waals surface area contributed by atoms with Crippen LogP contribution in [0.3, 0.4) is 0 Å². The number of methoxy groups -OCH3 is 1. The van der Waals surface area contributed by atoms with Gasteiger partial charge < -0.3 is 18.9 Å². The second-order valence-electron chi connectivity index (χ2n) is 7.40. The fourth-order valence-electron chi connectivity index (χ4n) is 3.12. The number of carbonyl (C=O) groups is 2. The summed E-state index contributed by atoms with van der Waals surface area (Å²) in [6.45, 7) is 9.36. The van der Waals surface area contributed by atoms with Gasteiger partial charge in [0.1, 0.15) is 0 Å². The smallest absolute Gasteiger partial charge is 0.341 e. The molecule has 0 aliphatic carbocycles. The van der Waals surface area contributed by atoms with Crippen LogP contribution in [-0.4, -0.2) is 44.7 Å². The number of esters is 2. The third-order valence-electron chi connectivity index (χ3n) is 4.08. The predicted octanol–water partition coefficient (Wildman–Crippen LogP) is 3.71. The maximum absolute atomic E-state index is 12.1. The summed E-state index contributed by atoms with van der Waals surface area (Å²) in [6, 6.07) is 0. The normalized spacial score (nSPS) is 16.0. The van der Waals surface area contributed by atoms with Crippen molar-refractivity contribution < 1.29 is 28.5 Å². The van der Waals surface area contributed by atoms with Crippen LogP contribution in [0.5, 0.6) is 0 Å². The first kappa shape index (κ1) is 23.2. The third kappa shape index (κ3) is 9.05. The van der Waals surface area contributed by atoms with Gasteiger partial charge in [-0.3, -0.25) is 0 Å². The minimum Gasteiger partial charge on any atom is -0.465 e. The number of allylic oxidation sites excluding steroid dienone is 1. The molecule has 152 valence electrons. The highest BCUT2D eigenvalue weighted by atomic mass is 16.7. The van der Waals surface area contributed by atoms with Crippen molar-refractivity contribution in [3.8, 4) is 0 Å². The lowest BCUT2D eigenvalue weighted by Gasteiger charge is -2.33. The topological polar surface area (TPSA) is 71.1 Å². The van der Waals surface area contributed by atoms with E-state index in [4.69, 9.17) is 18.9 Å². The van der Waals surface area contributed by atoms with Gasteiger partial charge in [-0.2, -0.15) is 0 Å². The van der Waals surface area contributed by atoms with Gasteiger partial charge in [-0.15, -0.1) is 5.73 Å². The molecular weight excluding hydrogens is 348 g/mol. The highest BCUT2D eigenvalue weighted by molar-refractivity contribution is 5.88. The summed E-state index contributed by atoms with van der Waals surface area (Å²) in [5, 5.41) is 0. The highest BCUT2D eigenvalue weighted by Gasteiger charge is 2.38. The summed E-state index contributed by atoms with van der Waals surface area (Å²) < 4.78 is 21.1. The van der Waals surface area contributed by atoms with Gasteiger partial charge in [0.25, 0.3) is 0 Å². The number of hydrogen-bond acceptors (Lipinski definition) is 6. The molecule has 1 aliphatic rings. The predicted molar refractivity (Wildman–Crippen MR) is 102 cm³/mol. The van der Waals surface area contributed by atoms with Gasteiger partial charge in [0.2, 0.25) is 0 Å². The highest BCUT2D eigenvalue weighted by Crippen LogP contribution is 2.38. The van der Waals surface area contributed by atoms with Crippen LogP contribution in [-0.2, 0) is 28.5 Å². The van der Waals surface area contributed by atoms with E-state index in [2.05, 4.69) is 19.6 Å². The van der Waals surface area contributed by atoms with Crippen molar-refractivity contribution in [3.63, 3.8) is 0 Å². The maximum atomic E-state index is 12.1. The van der Waals surface area contributed by atoms with E-state index in [1.807, 2.05) is 6.92 Å². The maximum Gasteiger partial charge on any atom is 0.341 e. The van der Waals surface area contributed by atoms with E-state index < -0.39 is 5.79 Å². The van der Waals surface area contributed by atoms with Crippen LogP contribution in [0.25, 0.3) is 0 Å². The van der Waals surface area contributed by atoms with Gasteiger partial charge in [0.15, 0.2) is 5.79 Å². The Hall–Kier alpha value is -1.88. The molecule has 1 saturated heterocycles. The van der Waals surface area contributed by atoms with Gasteiger partial charge in [0, 0.05) is 12.5 Å². The first-order chi connectivity index (χ1) is 12.7. The van der Waals surface area contributed by atoms with E-state index in [-0.39, 0.29) is 17.4 Å². The minimum absolute atomic E-state index is 0.229. The van der Waals surface area contributed by atoms with Gasteiger partial charge in [-0.25, -0.2) is 9.59 Å². The molecule has 0 amide bonds. The molecule has 0 N–H and O–H groups in total. The van der Waals surface area contributed by atoms with Gasteiger partial charge in [0.05, 0.1) is 32.5 Å². The molecule has 27 heavy (non-hydrogen) atoms. The molecule has 0 unspecified atom stereocenters. The summed E-state index contributed by atoms with van der Waals surface area (Å²) in [7, 11) is 1.36. The van der Waals surface area contributed by atoms with Crippen LogP contribution in [0.2, 0.25) is 0 Å². The van der Waals surface area contributed by atoms with Crippen LogP contribution < -0.4 is 0 Å². The third-order valence-corrected chi connectivity index (χ3v) is 4.08. The van der Waals surface area contributed by atoms with Crippen LogP contribution in [0.1, 0.15) is 53.4 Å². The van der Waals surface area contributed by atoms with Crippen molar-refractivity contribution in [3.05, 3.63) is 29.5 Å². The van der Waals surface area contributed by atoms with E-state index in [0.717, 1.165) is 0 Å². The van der Waals surface area contributed by atoms with Gasteiger partial charge in [-0.1, -0.05) is 19.9 Å². The van der Waals surface area contributed by atoms with Crippen molar-refractivity contribution in [2.24, 2.45) is 5.41 Å². The van der Waals surface area contributed by atoms with Crippen molar-refractivity contribution in [1.29, 1.82) is 0 Å². The molecule has 6 heteroatoms. The Balaban J connectivity index is 2.69. The van der Waals surface area contributed by atoms with E-state index in [1.165, 1.54) is 13.2 Å². The molecule has 0 spiro atoms. The second-order valence-corrected chi connectivity index (χ2v) is 7.40. The van der Waals surface area contributed by atoms with Gasteiger partial charge >= 0.3 is 11.9 Å². The van der Waals surface area contributed by atoms with E-state index in [0.29, 0.717) is 51.1 Å². The fraction of sp³-hybridized carbons (Fsp3) is 0.667. The molecule has 0 aromatic rings. The second kappa shape index (κ2) is 11.1. The first-order valence-electron chi connectivity index (χ1n) is 9.35. The average Bonchev–Trinajstić information content (AvgIpc) is 3.01. The number of rotatable bonds is 10. The van der Waals surface area contributed by atoms with Crippen molar-refractivity contribution in [2.75, 3.05) is 26.9 Å². The van der Waals surface area contributed by atoms with Crippen LogP contribution in [0.15, 0.2) is 29.5 Å². The van der Waals surface area contributed by atoms with E-state index in [1.54, 1.807) is 19.1 Å². The van der Waals surface area contributed by atoms with E-state index in [9.17, 15) is 9.59 Å². The molecule has 0 aromatic heterocycles. The summed E-state index contributed by atoms with van der Waals surface area (Å²) in [5.41, 5.74) is 3.32. The van der Waals surface area contributed by atoms with Crippen molar-refractivity contribution >= 4 is 11.9 Å². The molecule has 1 heterocycles. The number of carbonyl (C=O) groups excluding carboxylic acids is 2. The van der Waals surface area contributed by atoms with Crippen molar-refractivity contribution in [2.45, 2.75) is 59.2 Å². The molecule has 1 fully saturated rings. The summed E-state index contributed by atoms with van der Waals surface area (Å²) >= 11 is 0. The molecule has 0 radical (unpaired) electrons. The molecule has 0 aromatic carbocycles. The summed E-state index contributed by atoms with van der Waals surface area (Å²) in [5.74, 6) is -1.36. The first-order valence-corrected chi connectivity index (χ1v) is 9.35. The standard InChI is InChI=1S/C21H32O6/c1-6-25-18(22)12-10-8-7-9-11-17(19(23)24-5)15-20(2,3)16-21(4)26-13-14-27-21/h9-10,12H,6-8,13-16H2,1-5H3/b12-10+. The monoisotopic (exact) mass is 380 g/mol. The molecule has 0 atom stereocenters. The Kier molecular flexibility index (Phi) is 9.50. The zero-order valence-electron chi connectivity index (χ0n) is 17.1. The molecule has 0 saturated carbocycles. The molecule has 0 bridgehead atoms. The number of hydrogen-bond donors (Lipinski definition) is 0. The molecular formula is C21H32O6. The Morgan fingerprint density at radius 3 is 2.48 bits per heavy atom. The lowest BCUT2D eigenvalue weighted by Crippen LogP contribution is -2.33. The zero-order chi connectivity index (χ0) is 20.3. The minimum atomic E-state index is -0.619. The summed E-state index contributed by atoms with van der Waals surface area (Å²) in [4.78, 5) is 23.3. The molecule has 1 aliphatic heterocycles. The number of unbranched alkanes of at least 4 members (excludes halogenated alkanes) is 1. The Labute approximate surface area is 162 Å². The average molecular weight is 380 g/mol. The van der Waals surface area contributed by atoms with Gasteiger partial charge in [-0.05, 0) is 44.6 Å². The summed E-state index contributed by atoms with van der Waals surface area (Å²) in [6.07, 6.45) is 7.41. The Bertz CT molecular complexity index is 590. The lowest BCUT2D eigenvalue weighted by molar-refractivity contribution is -0.164. The molecule has 6 nitrogen and oxygen atoms in total. The number of ether oxygens (including phenoxy) is 4. The van der Waals surface area contributed by atoms with Crippen LogP contribution >= 0.6 is 0 Å². The fourth-order valence-corrected chi connectivity index (χ4v) is 3.12. The van der Waals surface area contributed by atoms with E-state index >= 15 is 0 Å². The van der Waals surface area contributed by atoms with Crippen LogP contribution in [0.4, 0.5) is 0 Å². The zero-order valence-corrected chi connectivity index (χ0v) is 17.1. The lowest BCUT2D eigenvalue weighted by atomic mass is 9.80. The SMILES string of the molecule is CCOC(=O)/C=C/CCC=C=C(CC(C)(C)CC1(C)OCCO1)C(=O)OC.